The lowest BCUT2D eigenvalue weighted by Gasteiger charge is -2.11. The minimum Gasteiger partial charge on any atom is -0.298 e. The maximum Gasteiger partial charge on any atom is 0.147 e. The van der Waals surface area contributed by atoms with E-state index in [0.29, 0.717) is 5.88 Å². The highest BCUT2D eigenvalue weighted by molar-refractivity contribution is 14.1. The average molecular weight is 387 g/mol. The first kappa shape index (κ1) is 12.5. The molecule has 0 aliphatic carbocycles. The van der Waals surface area contributed by atoms with E-state index in [1.165, 1.54) is 0 Å². The molecule has 1 atom stereocenters. The number of hydrogen-bond donors (Lipinski definition) is 0. The summed E-state index contributed by atoms with van der Waals surface area (Å²) >= 11 is 11.4. The average Bonchev–Trinajstić information content (AvgIpc) is 2.16. The number of alkyl halides is 2. The largest absolute Gasteiger partial charge is 0.298 e. The van der Waals surface area contributed by atoms with Crippen LogP contribution in [0.1, 0.15) is 22.9 Å². The number of hydrogen-bond acceptors (Lipinski definition) is 1. The lowest BCUT2D eigenvalue weighted by molar-refractivity contribution is -0.116. The highest BCUT2D eigenvalue weighted by atomic mass is 127. The van der Waals surface area contributed by atoms with Crippen LogP contribution in [0.15, 0.2) is 18.2 Å². The molecular formula is C10H9BrClIO. The third-order valence-electron chi connectivity index (χ3n) is 1.88. The fourth-order valence-corrected chi connectivity index (χ4v) is 2.33. The van der Waals surface area contributed by atoms with Gasteiger partial charge in [-0.2, -0.15) is 0 Å². The van der Waals surface area contributed by atoms with Gasteiger partial charge in [-0.05, 0) is 52.8 Å². The van der Waals surface area contributed by atoms with Crippen molar-refractivity contribution in [3.63, 3.8) is 0 Å². The summed E-state index contributed by atoms with van der Waals surface area (Å²) in [6, 6.07) is 5.93. The SMILES string of the molecule is CC(=O)C(Br)c1cc(I)ccc1CCl. The number of benzene rings is 1. The van der Waals surface area contributed by atoms with E-state index in [1.807, 2.05) is 18.2 Å². The number of rotatable bonds is 3. The molecule has 0 heterocycles. The zero-order chi connectivity index (χ0) is 10.7. The van der Waals surface area contributed by atoms with Gasteiger partial charge < -0.3 is 0 Å². The standard InChI is InChI=1S/C10H9BrClIO/c1-6(14)10(11)9-4-8(13)3-2-7(9)5-12/h2-4,10H,5H2,1H3. The Hall–Kier alpha value is 0.390. The molecule has 0 bridgehead atoms. The second kappa shape index (κ2) is 5.47. The quantitative estimate of drug-likeness (QED) is 0.565. The molecular weight excluding hydrogens is 378 g/mol. The molecule has 0 aliphatic rings. The van der Waals surface area contributed by atoms with E-state index < -0.39 is 0 Å². The summed E-state index contributed by atoms with van der Waals surface area (Å²) < 4.78 is 1.11. The van der Waals surface area contributed by atoms with Crippen LogP contribution >= 0.6 is 50.1 Å². The van der Waals surface area contributed by atoms with Crippen LogP contribution in [0.3, 0.4) is 0 Å². The van der Waals surface area contributed by atoms with Gasteiger partial charge in [-0.3, -0.25) is 4.79 Å². The summed E-state index contributed by atoms with van der Waals surface area (Å²) in [5, 5.41) is 0. The molecule has 1 rings (SSSR count). The maximum atomic E-state index is 11.2. The van der Waals surface area contributed by atoms with Crippen LogP contribution in [0.2, 0.25) is 0 Å². The Kier molecular flexibility index (Phi) is 4.87. The maximum absolute atomic E-state index is 11.2. The minimum atomic E-state index is -0.244. The van der Waals surface area contributed by atoms with Gasteiger partial charge in [0.25, 0.3) is 0 Å². The van der Waals surface area contributed by atoms with E-state index in [-0.39, 0.29) is 10.6 Å². The third-order valence-corrected chi connectivity index (χ3v) is 3.98. The summed E-state index contributed by atoms with van der Waals surface area (Å²) in [5.74, 6) is 0.528. The monoisotopic (exact) mass is 386 g/mol. The Balaban J connectivity index is 3.16. The Bertz CT molecular complexity index is 354. The van der Waals surface area contributed by atoms with Crippen molar-refractivity contribution in [1.29, 1.82) is 0 Å². The molecule has 0 aromatic heterocycles. The van der Waals surface area contributed by atoms with Crippen LogP contribution in [-0.4, -0.2) is 5.78 Å². The van der Waals surface area contributed by atoms with E-state index in [0.717, 1.165) is 14.7 Å². The highest BCUT2D eigenvalue weighted by Crippen LogP contribution is 2.29. The number of Topliss-reactive ketones (excluding diaryl/α,β-unsaturated/α-hetero) is 1. The number of carbonyl (C=O) groups excluding carboxylic acids is 1. The Morgan fingerprint density at radius 2 is 2.29 bits per heavy atom. The summed E-state index contributed by atoms with van der Waals surface area (Å²) in [7, 11) is 0. The summed E-state index contributed by atoms with van der Waals surface area (Å²) in [6.45, 7) is 1.57. The van der Waals surface area contributed by atoms with E-state index in [4.69, 9.17) is 11.6 Å². The fourth-order valence-electron chi connectivity index (χ4n) is 1.14. The van der Waals surface area contributed by atoms with Gasteiger partial charge in [0.1, 0.15) is 5.78 Å². The first-order valence-corrected chi connectivity index (χ1v) is 6.58. The van der Waals surface area contributed by atoms with Gasteiger partial charge in [0.2, 0.25) is 0 Å². The molecule has 0 saturated heterocycles. The van der Waals surface area contributed by atoms with Crippen LogP contribution in [0, 0.1) is 3.57 Å². The highest BCUT2D eigenvalue weighted by Gasteiger charge is 2.16. The Morgan fingerprint density at radius 3 is 2.79 bits per heavy atom. The molecule has 1 aromatic rings. The van der Waals surface area contributed by atoms with Crippen molar-refractivity contribution < 1.29 is 4.79 Å². The summed E-state index contributed by atoms with van der Waals surface area (Å²) in [4.78, 5) is 11.0. The molecule has 0 aliphatic heterocycles. The van der Waals surface area contributed by atoms with Crippen LogP contribution in [0.5, 0.6) is 0 Å². The molecule has 1 unspecified atom stereocenters. The van der Waals surface area contributed by atoms with Crippen molar-refractivity contribution in [3.8, 4) is 0 Å². The van der Waals surface area contributed by atoms with Gasteiger partial charge in [0.15, 0.2) is 0 Å². The van der Waals surface area contributed by atoms with Crippen molar-refractivity contribution in [2.45, 2.75) is 17.6 Å². The van der Waals surface area contributed by atoms with Crippen LogP contribution in [0.25, 0.3) is 0 Å². The Morgan fingerprint density at radius 1 is 1.64 bits per heavy atom. The van der Waals surface area contributed by atoms with Crippen LogP contribution in [-0.2, 0) is 10.7 Å². The van der Waals surface area contributed by atoms with Crippen molar-refractivity contribution >= 4 is 55.9 Å². The van der Waals surface area contributed by atoms with Gasteiger partial charge in [0, 0.05) is 9.45 Å². The van der Waals surface area contributed by atoms with E-state index >= 15 is 0 Å². The molecule has 14 heavy (non-hydrogen) atoms. The smallest absolute Gasteiger partial charge is 0.147 e. The zero-order valence-electron chi connectivity index (χ0n) is 7.56. The van der Waals surface area contributed by atoms with Gasteiger partial charge >= 0.3 is 0 Å². The van der Waals surface area contributed by atoms with Crippen molar-refractivity contribution in [2.75, 3.05) is 0 Å². The molecule has 0 amide bonds. The van der Waals surface area contributed by atoms with Gasteiger partial charge in [-0.25, -0.2) is 0 Å². The molecule has 0 spiro atoms. The molecule has 0 saturated carbocycles. The predicted octanol–water partition coefficient (Wildman–Crippen LogP) is 4.06. The topological polar surface area (TPSA) is 17.1 Å². The fraction of sp³-hybridized carbons (Fsp3) is 0.300. The molecule has 76 valence electrons. The van der Waals surface area contributed by atoms with Gasteiger partial charge in [-0.1, -0.05) is 22.0 Å². The van der Waals surface area contributed by atoms with Gasteiger partial charge in [0.05, 0.1) is 4.83 Å². The molecule has 0 radical (unpaired) electrons. The van der Waals surface area contributed by atoms with E-state index in [2.05, 4.69) is 38.5 Å². The number of carbonyl (C=O) groups is 1. The number of ketones is 1. The molecule has 0 fully saturated rings. The van der Waals surface area contributed by atoms with E-state index in [9.17, 15) is 4.79 Å². The van der Waals surface area contributed by atoms with Crippen molar-refractivity contribution in [3.05, 3.63) is 32.9 Å². The zero-order valence-corrected chi connectivity index (χ0v) is 12.1. The molecule has 1 nitrogen and oxygen atoms in total. The number of halogens is 3. The lowest BCUT2D eigenvalue weighted by atomic mass is 10.0. The molecule has 0 N–H and O–H groups in total. The summed E-state index contributed by atoms with van der Waals surface area (Å²) in [6.07, 6.45) is 0. The second-order valence-electron chi connectivity index (χ2n) is 2.95. The van der Waals surface area contributed by atoms with Crippen LogP contribution < -0.4 is 0 Å². The third kappa shape index (κ3) is 2.94. The molecule has 4 heteroatoms. The Labute approximate surface area is 110 Å². The van der Waals surface area contributed by atoms with Crippen LogP contribution in [0.4, 0.5) is 0 Å². The van der Waals surface area contributed by atoms with Crippen molar-refractivity contribution in [1.82, 2.24) is 0 Å². The van der Waals surface area contributed by atoms with Crippen molar-refractivity contribution in [2.24, 2.45) is 0 Å². The first-order chi connectivity index (χ1) is 6.56. The van der Waals surface area contributed by atoms with Gasteiger partial charge in [-0.15, -0.1) is 11.6 Å². The minimum absolute atomic E-state index is 0.0957. The second-order valence-corrected chi connectivity index (χ2v) is 5.38. The molecule has 1 aromatic carbocycles. The summed E-state index contributed by atoms with van der Waals surface area (Å²) in [5.41, 5.74) is 1.98. The predicted molar refractivity (Wildman–Crippen MR) is 71.1 cm³/mol. The van der Waals surface area contributed by atoms with E-state index in [1.54, 1.807) is 6.92 Å². The normalized spacial score (nSPS) is 12.6. The lowest BCUT2D eigenvalue weighted by Crippen LogP contribution is -2.04. The first-order valence-electron chi connectivity index (χ1n) is 4.05.